The smallest absolute Gasteiger partial charge is 0.129 e. The Morgan fingerprint density at radius 3 is 2.77 bits per heavy atom. The highest BCUT2D eigenvalue weighted by Crippen LogP contribution is 2.28. The molecule has 0 aliphatic heterocycles. The van der Waals surface area contributed by atoms with Crippen molar-refractivity contribution in [3.05, 3.63) is 36.4 Å². The van der Waals surface area contributed by atoms with Crippen molar-refractivity contribution in [2.45, 2.75) is 18.2 Å². The molecule has 1 aromatic carbocycles. The first-order valence-corrected chi connectivity index (χ1v) is 5.24. The van der Waals surface area contributed by atoms with Crippen LogP contribution >= 0.6 is 11.8 Å². The first kappa shape index (κ1) is 10.2. The molecule has 0 aliphatic carbocycles. The maximum atomic E-state index is 9.43. The predicted molar refractivity (Wildman–Crippen MR) is 58.3 cm³/mol. The van der Waals surface area contributed by atoms with Gasteiger partial charge in [-0.3, -0.25) is 0 Å². The van der Waals surface area contributed by atoms with Gasteiger partial charge in [0.05, 0.1) is 0 Å². The van der Waals surface area contributed by atoms with E-state index in [9.17, 15) is 5.11 Å². The lowest BCUT2D eigenvalue weighted by Gasteiger charge is -2.03. The topological polar surface area (TPSA) is 20.2 Å². The van der Waals surface area contributed by atoms with E-state index in [0.717, 1.165) is 17.1 Å². The molecule has 0 radical (unpaired) electrons. The molecular formula is C11H14OS. The molecule has 0 unspecified atom stereocenters. The Hall–Kier alpha value is -0.890. The number of thioether (sulfide) groups is 1. The monoisotopic (exact) mass is 194 g/mol. The predicted octanol–water partition coefficient (Wildman–Crippen LogP) is 3.45. The minimum Gasteiger partial charge on any atom is -0.507 e. The summed E-state index contributed by atoms with van der Waals surface area (Å²) in [5.74, 6) is 1.35. The lowest BCUT2D eigenvalue weighted by atomic mass is 10.3. The first-order chi connectivity index (χ1) is 6.20. The fraction of sp³-hybridized carbons (Fsp3) is 0.273. The van der Waals surface area contributed by atoms with E-state index >= 15 is 0 Å². The second-order valence-electron chi connectivity index (χ2n) is 3.02. The van der Waals surface area contributed by atoms with Gasteiger partial charge in [0.1, 0.15) is 5.75 Å². The Bertz CT molecular complexity index is 294. The molecule has 0 fully saturated rings. The quantitative estimate of drug-likeness (QED) is 0.585. The molecule has 0 amide bonds. The van der Waals surface area contributed by atoms with Crippen molar-refractivity contribution in [2.75, 3.05) is 5.75 Å². The number of para-hydroxylation sites is 1. The van der Waals surface area contributed by atoms with Crippen LogP contribution in [0.1, 0.15) is 13.3 Å². The molecule has 0 atom stereocenters. The maximum absolute atomic E-state index is 9.43. The molecule has 0 saturated heterocycles. The SMILES string of the molecule is C=C(C)CCSc1ccccc1O. The van der Waals surface area contributed by atoms with E-state index in [4.69, 9.17) is 0 Å². The van der Waals surface area contributed by atoms with Crippen molar-refractivity contribution < 1.29 is 5.11 Å². The third kappa shape index (κ3) is 3.55. The van der Waals surface area contributed by atoms with Crippen LogP contribution in [-0.2, 0) is 0 Å². The third-order valence-corrected chi connectivity index (χ3v) is 2.72. The van der Waals surface area contributed by atoms with E-state index in [1.807, 2.05) is 25.1 Å². The summed E-state index contributed by atoms with van der Waals surface area (Å²) in [6.07, 6.45) is 0.999. The summed E-state index contributed by atoms with van der Waals surface area (Å²) < 4.78 is 0. The number of hydrogen-bond acceptors (Lipinski definition) is 2. The van der Waals surface area contributed by atoms with Crippen LogP contribution in [-0.4, -0.2) is 10.9 Å². The fourth-order valence-corrected chi connectivity index (χ4v) is 1.98. The minimum absolute atomic E-state index is 0.370. The zero-order valence-electron chi connectivity index (χ0n) is 7.79. The zero-order valence-corrected chi connectivity index (χ0v) is 8.60. The summed E-state index contributed by atoms with van der Waals surface area (Å²) in [5.41, 5.74) is 1.18. The van der Waals surface area contributed by atoms with Crippen LogP contribution in [0.5, 0.6) is 5.75 Å². The summed E-state index contributed by atoms with van der Waals surface area (Å²) >= 11 is 1.66. The second-order valence-corrected chi connectivity index (χ2v) is 4.16. The van der Waals surface area contributed by atoms with E-state index < -0.39 is 0 Å². The van der Waals surface area contributed by atoms with Crippen LogP contribution in [0, 0.1) is 0 Å². The Labute approximate surface area is 83.5 Å². The van der Waals surface area contributed by atoms with Crippen LogP contribution in [0.25, 0.3) is 0 Å². The van der Waals surface area contributed by atoms with E-state index in [0.29, 0.717) is 5.75 Å². The van der Waals surface area contributed by atoms with Gasteiger partial charge in [-0.1, -0.05) is 17.7 Å². The second kappa shape index (κ2) is 4.97. The lowest BCUT2D eigenvalue weighted by Crippen LogP contribution is -1.81. The van der Waals surface area contributed by atoms with Crippen molar-refractivity contribution in [3.8, 4) is 5.75 Å². The number of aromatic hydroxyl groups is 1. The number of benzene rings is 1. The molecule has 70 valence electrons. The largest absolute Gasteiger partial charge is 0.507 e. The molecule has 1 nitrogen and oxygen atoms in total. The van der Waals surface area contributed by atoms with Crippen molar-refractivity contribution in [2.24, 2.45) is 0 Å². The maximum Gasteiger partial charge on any atom is 0.129 e. The first-order valence-electron chi connectivity index (χ1n) is 4.25. The van der Waals surface area contributed by atoms with Gasteiger partial charge >= 0.3 is 0 Å². The Morgan fingerprint density at radius 1 is 1.46 bits per heavy atom. The average molecular weight is 194 g/mol. The van der Waals surface area contributed by atoms with E-state index in [1.165, 1.54) is 5.57 Å². The molecule has 0 aliphatic rings. The molecule has 13 heavy (non-hydrogen) atoms. The van der Waals surface area contributed by atoms with Crippen molar-refractivity contribution in [3.63, 3.8) is 0 Å². The van der Waals surface area contributed by atoms with Crippen LogP contribution in [0.2, 0.25) is 0 Å². The van der Waals surface area contributed by atoms with Crippen LogP contribution in [0.15, 0.2) is 41.3 Å². The van der Waals surface area contributed by atoms with Crippen molar-refractivity contribution >= 4 is 11.8 Å². The molecule has 2 heteroatoms. The summed E-state index contributed by atoms with van der Waals surface area (Å²) in [7, 11) is 0. The highest BCUT2D eigenvalue weighted by atomic mass is 32.2. The molecule has 1 rings (SSSR count). The molecule has 0 heterocycles. The van der Waals surface area contributed by atoms with E-state index in [1.54, 1.807) is 17.8 Å². The van der Waals surface area contributed by atoms with Gasteiger partial charge in [-0.05, 0) is 25.5 Å². The summed E-state index contributed by atoms with van der Waals surface area (Å²) in [6.45, 7) is 5.85. The van der Waals surface area contributed by atoms with Gasteiger partial charge in [0.2, 0.25) is 0 Å². The number of hydrogen-bond donors (Lipinski definition) is 1. The van der Waals surface area contributed by atoms with Crippen LogP contribution in [0.4, 0.5) is 0 Å². The third-order valence-electron chi connectivity index (χ3n) is 1.65. The van der Waals surface area contributed by atoms with Gasteiger partial charge in [-0.25, -0.2) is 0 Å². The van der Waals surface area contributed by atoms with Crippen molar-refractivity contribution in [1.82, 2.24) is 0 Å². The average Bonchev–Trinajstić information content (AvgIpc) is 2.08. The number of rotatable bonds is 4. The molecule has 0 aromatic heterocycles. The standard InChI is InChI=1S/C11H14OS/c1-9(2)7-8-13-11-6-4-3-5-10(11)12/h3-6,12H,1,7-8H2,2H3. The molecule has 0 bridgehead atoms. The zero-order chi connectivity index (χ0) is 9.68. The lowest BCUT2D eigenvalue weighted by molar-refractivity contribution is 0.462. The summed E-state index contributed by atoms with van der Waals surface area (Å²) in [4.78, 5) is 0.948. The van der Waals surface area contributed by atoms with Crippen molar-refractivity contribution in [1.29, 1.82) is 0 Å². The van der Waals surface area contributed by atoms with E-state index in [2.05, 4.69) is 6.58 Å². The normalized spacial score (nSPS) is 9.92. The molecule has 0 saturated carbocycles. The number of phenols is 1. The number of phenolic OH excluding ortho intramolecular Hbond substituents is 1. The molecule has 1 aromatic rings. The minimum atomic E-state index is 0.370. The van der Waals surface area contributed by atoms with Gasteiger partial charge < -0.3 is 5.11 Å². The fourth-order valence-electron chi connectivity index (χ4n) is 0.914. The Morgan fingerprint density at radius 2 is 2.15 bits per heavy atom. The molecule has 0 spiro atoms. The van der Waals surface area contributed by atoms with Crippen LogP contribution < -0.4 is 0 Å². The van der Waals surface area contributed by atoms with Gasteiger partial charge in [-0.2, -0.15) is 0 Å². The highest BCUT2D eigenvalue weighted by Gasteiger charge is 1.98. The summed E-state index contributed by atoms with van der Waals surface area (Å²) in [5, 5.41) is 9.43. The van der Waals surface area contributed by atoms with Gasteiger partial charge in [0.25, 0.3) is 0 Å². The molecular weight excluding hydrogens is 180 g/mol. The van der Waals surface area contributed by atoms with Gasteiger partial charge in [0, 0.05) is 10.6 Å². The summed E-state index contributed by atoms with van der Waals surface area (Å²) in [6, 6.07) is 7.41. The van der Waals surface area contributed by atoms with Crippen LogP contribution in [0.3, 0.4) is 0 Å². The Balaban J connectivity index is 2.45. The number of allylic oxidation sites excluding steroid dienone is 1. The van der Waals surface area contributed by atoms with E-state index in [-0.39, 0.29) is 0 Å². The van der Waals surface area contributed by atoms with Gasteiger partial charge in [-0.15, -0.1) is 18.3 Å². The molecule has 1 N–H and O–H groups in total. The Kier molecular flexibility index (Phi) is 3.90. The van der Waals surface area contributed by atoms with Gasteiger partial charge in [0.15, 0.2) is 0 Å². The highest BCUT2D eigenvalue weighted by molar-refractivity contribution is 7.99.